The molecule has 0 aliphatic rings. The molecule has 0 aliphatic heterocycles. The number of carboxylic acid groups (broad SMARTS) is 1. The van der Waals surface area contributed by atoms with E-state index in [2.05, 4.69) is 4.98 Å². The lowest BCUT2D eigenvalue weighted by molar-refractivity contribution is -0.137. The molecule has 0 bridgehead atoms. The molecule has 0 saturated carbocycles. The first-order valence-electron chi connectivity index (χ1n) is 6.66. The maximum absolute atomic E-state index is 12.2. The minimum absolute atomic E-state index is 0.259. The second kappa shape index (κ2) is 8.14. The smallest absolute Gasteiger partial charge is 0.323 e. The monoisotopic (exact) mass is 279 g/mol. The van der Waals surface area contributed by atoms with Crippen LogP contribution in [0.2, 0.25) is 0 Å². The molecular weight excluding hydrogens is 258 g/mol. The highest BCUT2D eigenvalue weighted by molar-refractivity contribution is 5.80. The van der Waals surface area contributed by atoms with Gasteiger partial charge in [-0.05, 0) is 18.6 Å². The van der Waals surface area contributed by atoms with Crippen LogP contribution in [0.4, 0.5) is 4.79 Å². The number of hydrogen-bond donors (Lipinski definition) is 1. The highest BCUT2D eigenvalue weighted by Crippen LogP contribution is 2.02. The van der Waals surface area contributed by atoms with Crippen molar-refractivity contribution in [1.29, 1.82) is 0 Å². The number of aromatic nitrogens is 1. The van der Waals surface area contributed by atoms with Crippen LogP contribution < -0.4 is 0 Å². The van der Waals surface area contributed by atoms with E-state index in [1.54, 1.807) is 13.2 Å². The molecule has 0 fully saturated rings. The number of carbonyl (C=O) groups is 2. The van der Waals surface area contributed by atoms with E-state index in [4.69, 9.17) is 5.11 Å². The maximum atomic E-state index is 12.2. The van der Waals surface area contributed by atoms with E-state index in [0.717, 1.165) is 12.1 Å². The average Bonchev–Trinajstić information content (AvgIpc) is 2.44. The van der Waals surface area contributed by atoms with Crippen LogP contribution in [-0.4, -0.2) is 58.6 Å². The molecule has 0 aromatic carbocycles. The maximum Gasteiger partial charge on any atom is 0.323 e. The number of aliphatic carboxylic acids is 1. The Morgan fingerprint density at radius 3 is 2.60 bits per heavy atom. The summed E-state index contributed by atoms with van der Waals surface area (Å²) in [5, 5.41) is 8.83. The number of carboxylic acids is 1. The van der Waals surface area contributed by atoms with Gasteiger partial charge in [-0.25, -0.2) is 4.79 Å². The fraction of sp³-hybridized carbons (Fsp3) is 0.500. The zero-order valence-corrected chi connectivity index (χ0v) is 12.0. The summed E-state index contributed by atoms with van der Waals surface area (Å²) < 4.78 is 0. The second-order valence-corrected chi connectivity index (χ2v) is 4.59. The van der Waals surface area contributed by atoms with E-state index in [9.17, 15) is 9.59 Å². The number of hydrogen-bond acceptors (Lipinski definition) is 3. The highest BCUT2D eigenvalue weighted by atomic mass is 16.4. The average molecular weight is 279 g/mol. The molecule has 0 unspecified atom stereocenters. The predicted molar refractivity (Wildman–Crippen MR) is 75.5 cm³/mol. The van der Waals surface area contributed by atoms with Crippen molar-refractivity contribution in [3.63, 3.8) is 0 Å². The topological polar surface area (TPSA) is 73.7 Å². The molecule has 2 amide bonds. The summed E-state index contributed by atoms with van der Waals surface area (Å²) >= 11 is 0. The third-order valence-corrected chi connectivity index (χ3v) is 2.85. The molecule has 1 heterocycles. The third-order valence-electron chi connectivity index (χ3n) is 2.85. The van der Waals surface area contributed by atoms with Gasteiger partial charge in [-0.1, -0.05) is 13.0 Å². The summed E-state index contributed by atoms with van der Waals surface area (Å²) in [6, 6.07) is 5.39. The van der Waals surface area contributed by atoms with Crippen LogP contribution in [0.1, 0.15) is 19.0 Å². The number of amides is 2. The van der Waals surface area contributed by atoms with Gasteiger partial charge in [0.25, 0.3) is 0 Å². The first kappa shape index (κ1) is 15.9. The molecule has 1 aromatic rings. The van der Waals surface area contributed by atoms with Crippen molar-refractivity contribution in [1.82, 2.24) is 14.8 Å². The van der Waals surface area contributed by atoms with E-state index < -0.39 is 5.97 Å². The van der Waals surface area contributed by atoms with Crippen molar-refractivity contribution in [2.75, 3.05) is 26.7 Å². The van der Waals surface area contributed by atoms with Crippen LogP contribution in [0.15, 0.2) is 24.4 Å². The summed E-state index contributed by atoms with van der Waals surface area (Å²) in [6.45, 7) is 2.60. The molecule has 20 heavy (non-hydrogen) atoms. The lowest BCUT2D eigenvalue weighted by Gasteiger charge is -2.26. The molecular formula is C14H21N3O3. The fourth-order valence-electron chi connectivity index (χ4n) is 1.84. The molecule has 6 nitrogen and oxygen atoms in total. The first-order chi connectivity index (χ1) is 9.54. The van der Waals surface area contributed by atoms with E-state index in [-0.39, 0.29) is 12.6 Å². The highest BCUT2D eigenvalue weighted by Gasteiger charge is 2.19. The van der Waals surface area contributed by atoms with Gasteiger partial charge in [0.15, 0.2) is 0 Å². The van der Waals surface area contributed by atoms with Crippen molar-refractivity contribution >= 4 is 12.0 Å². The SMILES string of the molecule is CCCN(CC(=O)O)C(=O)N(C)CCc1ccccn1. The zero-order valence-electron chi connectivity index (χ0n) is 12.0. The predicted octanol–water partition coefficient (Wildman–Crippen LogP) is 1.47. The Kier molecular flexibility index (Phi) is 6.49. The number of likely N-dealkylation sites (N-methyl/N-ethyl adjacent to an activating group) is 1. The third kappa shape index (κ3) is 5.26. The minimum atomic E-state index is -0.995. The number of carbonyl (C=O) groups excluding carboxylic acids is 1. The van der Waals surface area contributed by atoms with Crippen LogP contribution in [0.5, 0.6) is 0 Å². The fourth-order valence-corrected chi connectivity index (χ4v) is 1.84. The number of nitrogens with zero attached hydrogens (tertiary/aromatic N) is 3. The summed E-state index contributed by atoms with van der Waals surface area (Å²) in [7, 11) is 1.68. The molecule has 0 radical (unpaired) electrons. The number of rotatable bonds is 7. The van der Waals surface area contributed by atoms with E-state index >= 15 is 0 Å². The van der Waals surface area contributed by atoms with Crippen LogP contribution in [0.25, 0.3) is 0 Å². The van der Waals surface area contributed by atoms with Gasteiger partial charge < -0.3 is 14.9 Å². The Labute approximate surface area is 119 Å². The molecule has 0 spiro atoms. The standard InChI is InChI=1S/C14H21N3O3/c1-3-9-17(11-13(18)19)14(20)16(2)10-7-12-6-4-5-8-15-12/h4-6,8H,3,7,9-11H2,1-2H3,(H,18,19). The van der Waals surface area contributed by atoms with Gasteiger partial charge >= 0.3 is 12.0 Å². The first-order valence-corrected chi connectivity index (χ1v) is 6.66. The van der Waals surface area contributed by atoms with Crippen molar-refractivity contribution < 1.29 is 14.7 Å². The van der Waals surface area contributed by atoms with Crippen molar-refractivity contribution in [2.45, 2.75) is 19.8 Å². The van der Waals surface area contributed by atoms with Crippen molar-refractivity contribution in [2.24, 2.45) is 0 Å². The van der Waals surface area contributed by atoms with Gasteiger partial charge in [0.2, 0.25) is 0 Å². The van der Waals surface area contributed by atoms with Gasteiger partial charge in [-0.15, -0.1) is 0 Å². The zero-order chi connectivity index (χ0) is 15.0. The van der Waals surface area contributed by atoms with Gasteiger partial charge in [0.1, 0.15) is 6.54 Å². The van der Waals surface area contributed by atoms with Crippen LogP contribution in [-0.2, 0) is 11.2 Å². The van der Waals surface area contributed by atoms with E-state index in [1.807, 2.05) is 25.1 Å². The molecule has 1 N–H and O–H groups in total. The number of urea groups is 1. The van der Waals surface area contributed by atoms with Crippen molar-refractivity contribution in [3.05, 3.63) is 30.1 Å². The van der Waals surface area contributed by atoms with E-state index in [0.29, 0.717) is 19.5 Å². The molecule has 1 aromatic heterocycles. The van der Waals surface area contributed by atoms with Crippen LogP contribution in [0.3, 0.4) is 0 Å². The lowest BCUT2D eigenvalue weighted by atomic mass is 10.2. The lowest BCUT2D eigenvalue weighted by Crippen LogP contribution is -2.44. The Balaban J connectivity index is 2.53. The summed E-state index contributed by atoms with van der Waals surface area (Å²) in [5.41, 5.74) is 0.910. The molecule has 6 heteroatoms. The van der Waals surface area contributed by atoms with Gasteiger partial charge in [0.05, 0.1) is 0 Å². The number of pyridine rings is 1. The van der Waals surface area contributed by atoms with Crippen molar-refractivity contribution in [3.8, 4) is 0 Å². The quantitative estimate of drug-likeness (QED) is 0.820. The van der Waals surface area contributed by atoms with Crippen LogP contribution in [0, 0.1) is 0 Å². The molecule has 0 atom stereocenters. The Morgan fingerprint density at radius 2 is 2.05 bits per heavy atom. The Hall–Kier alpha value is -2.11. The minimum Gasteiger partial charge on any atom is -0.480 e. The van der Waals surface area contributed by atoms with Gasteiger partial charge in [0, 0.05) is 38.4 Å². The molecule has 110 valence electrons. The normalized spacial score (nSPS) is 10.1. The second-order valence-electron chi connectivity index (χ2n) is 4.59. The summed E-state index contributed by atoms with van der Waals surface area (Å²) in [5.74, 6) is -0.995. The molecule has 0 aliphatic carbocycles. The van der Waals surface area contributed by atoms with Crippen LogP contribution >= 0.6 is 0 Å². The summed E-state index contributed by atoms with van der Waals surface area (Å²) in [4.78, 5) is 30.0. The summed E-state index contributed by atoms with van der Waals surface area (Å²) in [6.07, 6.45) is 3.09. The van der Waals surface area contributed by atoms with Gasteiger partial charge in [-0.3, -0.25) is 9.78 Å². The molecule has 0 saturated heterocycles. The van der Waals surface area contributed by atoms with E-state index in [1.165, 1.54) is 9.80 Å². The Bertz CT molecular complexity index is 437. The molecule has 1 rings (SSSR count). The Morgan fingerprint density at radius 1 is 1.30 bits per heavy atom. The van der Waals surface area contributed by atoms with Gasteiger partial charge in [-0.2, -0.15) is 0 Å². The largest absolute Gasteiger partial charge is 0.480 e.